The highest BCUT2D eigenvalue weighted by atomic mass is 16.6. The van der Waals surface area contributed by atoms with Crippen LogP contribution >= 0.6 is 0 Å². The zero-order valence-corrected chi connectivity index (χ0v) is 41.8. The second-order valence-electron chi connectivity index (χ2n) is 17.4. The Morgan fingerprint density at radius 2 is 0.688 bits per heavy atom. The van der Waals surface area contributed by atoms with Crippen molar-refractivity contribution in [2.45, 2.75) is 252 Å². The van der Waals surface area contributed by atoms with Crippen molar-refractivity contribution in [3.8, 4) is 0 Å². The second kappa shape index (κ2) is 52.2. The van der Waals surface area contributed by atoms with Crippen LogP contribution in [0, 0.1) is 0 Å². The van der Waals surface area contributed by atoms with Crippen molar-refractivity contribution < 1.29 is 28.6 Å². The molecular weight excluding hydrogens is 793 g/mol. The van der Waals surface area contributed by atoms with E-state index in [0.29, 0.717) is 19.3 Å². The van der Waals surface area contributed by atoms with Crippen molar-refractivity contribution in [2.24, 2.45) is 0 Å². The lowest BCUT2D eigenvalue weighted by Gasteiger charge is -2.18. The van der Waals surface area contributed by atoms with Crippen LogP contribution in [0.3, 0.4) is 0 Å². The van der Waals surface area contributed by atoms with Crippen molar-refractivity contribution in [2.75, 3.05) is 13.2 Å². The molecule has 0 N–H and O–H groups in total. The highest BCUT2D eigenvalue weighted by Gasteiger charge is 2.19. The molecule has 64 heavy (non-hydrogen) atoms. The molecule has 0 saturated heterocycles. The maximum atomic E-state index is 12.8. The Hall–Kier alpha value is -3.41. The summed E-state index contributed by atoms with van der Waals surface area (Å²) in [6, 6.07) is 0. The van der Waals surface area contributed by atoms with Gasteiger partial charge >= 0.3 is 17.9 Å². The molecule has 0 fully saturated rings. The van der Waals surface area contributed by atoms with Gasteiger partial charge in [0.25, 0.3) is 0 Å². The molecule has 0 spiro atoms. The molecule has 0 aromatic carbocycles. The summed E-state index contributed by atoms with van der Waals surface area (Å²) < 4.78 is 16.8. The third kappa shape index (κ3) is 49.6. The van der Waals surface area contributed by atoms with Gasteiger partial charge in [-0.05, 0) is 96.3 Å². The van der Waals surface area contributed by atoms with E-state index in [-0.39, 0.29) is 31.1 Å². The zero-order valence-electron chi connectivity index (χ0n) is 41.8. The number of ether oxygens (including phenoxy) is 3. The van der Waals surface area contributed by atoms with Crippen LogP contribution in [-0.4, -0.2) is 37.2 Å². The highest BCUT2D eigenvalue weighted by molar-refractivity contribution is 5.71. The summed E-state index contributed by atoms with van der Waals surface area (Å²) in [6.07, 6.45) is 67.1. The van der Waals surface area contributed by atoms with Gasteiger partial charge in [-0.1, -0.05) is 215 Å². The molecule has 0 aromatic rings. The number of allylic oxidation sites excluding steroid dienone is 14. The fourth-order valence-electron chi connectivity index (χ4n) is 7.22. The summed E-state index contributed by atoms with van der Waals surface area (Å²) in [5.74, 6) is -0.943. The molecule has 0 aliphatic carbocycles. The lowest BCUT2D eigenvalue weighted by Crippen LogP contribution is -2.30. The molecule has 0 rings (SSSR count). The molecule has 0 aliphatic rings. The van der Waals surface area contributed by atoms with Gasteiger partial charge in [-0.2, -0.15) is 0 Å². The minimum atomic E-state index is -0.798. The highest BCUT2D eigenvalue weighted by Crippen LogP contribution is 2.14. The van der Waals surface area contributed by atoms with E-state index in [0.717, 1.165) is 116 Å². The molecule has 6 heteroatoms. The quantitative estimate of drug-likeness (QED) is 0.0199. The number of rotatable bonds is 47. The first-order valence-corrected chi connectivity index (χ1v) is 26.6. The van der Waals surface area contributed by atoms with Gasteiger partial charge in [0.1, 0.15) is 13.2 Å². The Labute approximate surface area is 395 Å². The van der Waals surface area contributed by atoms with Crippen molar-refractivity contribution in [1.82, 2.24) is 0 Å². The third-order valence-corrected chi connectivity index (χ3v) is 11.2. The molecule has 366 valence electrons. The Morgan fingerprint density at radius 3 is 1.14 bits per heavy atom. The van der Waals surface area contributed by atoms with E-state index in [2.05, 4.69) is 106 Å². The fraction of sp³-hybridized carbons (Fsp3) is 0.707. The minimum Gasteiger partial charge on any atom is -0.462 e. The van der Waals surface area contributed by atoms with Crippen LogP contribution in [-0.2, 0) is 28.6 Å². The molecule has 6 nitrogen and oxygen atoms in total. The van der Waals surface area contributed by atoms with Gasteiger partial charge in [0.15, 0.2) is 6.10 Å². The Bertz CT molecular complexity index is 1250. The average Bonchev–Trinajstić information content (AvgIpc) is 3.29. The smallest absolute Gasteiger partial charge is 0.306 e. The topological polar surface area (TPSA) is 78.9 Å². The number of carbonyl (C=O) groups is 3. The second-order valence-corrected chi connectivity index (χ2v) is 17.4. The summed E-state index contributed by atoms with van der Waals surface area (Å²) in [6.45, 7) is 6.35. The van der Waals surface area contributed by atoms with Crippen LogP contribution in [0.1, 0.15) is 245 Å². The first-order chi connectivity index (χ1) is 31.5. The summed E-state index contributed by atoms with van der Waals surface area (Å²) in [4.78, 5) is 38.0. The number of carbonyl (C=O) groups excluding carboxylic acids is 3. The van der Waals surface area contributed by atoms with Crippen LogP contribution in [0.25, 0.3) is 0 Å². The summed E-state index contributed by atoms with van der Waals surface area (Å²) in [5, 5.41) is 0. The number of hydrogen-bond donors (Lipinski definition) is 0. The average molecular weight is 891 g/mol. The van der Waals surface area contributed by atoms with E-state index < -0.39 is 6.10 Å². The Balaban J connectivity index is 4.41. The maximum absolute atomic E-state index is 12.8. The van der Waals surface area contributed by atoms with Gasteiger partial charge in [-0.15, -0.1) is 0 Å². The summed E-state index contributed by atoms with van der Waals surface area (Å²) in [5.41, 5.74) is 0. The number of hydrogen-bond acceptors (Lipinski definition) is 6. The molecule has 0 aliphatic heterocycles. The van der Waals surface area contributed by atoms with Crippen LogP contribution in [0.4, 0.5) is 0 Å². The van der Waals surface area contributed by atoms with Gasteiger partial charge in [0.05, 0.1) is 0 Å². The lowest BCUT2D eigenvalue weighted by molar-refractivity contribution is -0.167. The van der Waals surface area contributed by atoms with Crippen LogP contribution in [0.5, 0.6) is 0 Å². The summed E-state index contributed by atoms with van der Waals surface area (Å²) >= 11 is 0. The molecule has 0 heterocycles. The van der Waals surface area contributed by atoms with Crippen LogP contribution in [0.2, 0.25) is 0 Å². The van der Waals surface area contributed by atoms with E-state index in [4.69, 9.17) is 14.2 Å². The molecule has 1 atom stereocenters. The molecule has 1 unspecified atom stereocenters. The van der Waals surface area contributed by atoms with E-state index >= 15 is 0 Å². The molecule has 0 bridgehead atoms. The Kier molecular flexibility index (Phi) is 49.4. The van der Waals surface area contributed by atoms with Crippen molar-refractivity contribution in [1.29, 1.82) is 0 Å². The van der Waals surface area contributed by atoms with Crippen molar-refractivity contribution in [3.63, 3.8) is 0 Å². The fourth-order valence-corrected chi connectivity index (χ4v) is 7.22. The molecular formula is C58H98O6. The lowest BCUT2D eigenvalue weighted by atomic mass is 10.1. The van der Waals surface area contributed by atoms with Gasteiger partial charge in [0, 0.05) is 19.3 Å². The van der Waals surface area contributed by atoms with E-state index in [1.54, 1.807) is 0 Å². The SMILES string of the molecule is CC/C=C/C=C/C=C/CCCCCCCC(=O)OCC(COC(=O)CCCCCCCCC/C=C/CCCCCCCCCC)OC(=O)CCCCCC/C=C/C/C=C/C/C=C/CC. The number of esters is 3. The third-order valence-electron chi connectivity index (χ3n) is 11.2. The number of unbranched alkanes of at least 4 members (excludes halogenated alkanes) is 24. The maximum Gasteiger partial charge on any atom is 0.306 e. The first kappa shape index (κ1) is 60.6. The predicted molar refractivity (Wildman–Crippen MR) is 274 cm³/mol. The Morgan fingerprint density at radius 1 is 0.344 bits per heavy atom. The van der Waals surface area contributed by atoms with E-state index in [9.17, 15) is 14.4 Å². The van der Waals surface area contributed by atoms with Crippen molar-refractivity contribution in [3.05, 3.63) is 85.1 Å². The molecule has 0 aromatic heterocycles. The molecule has 0 saturated carbocycles. The monoisotopic (exact) mass is 891 g/mol. The largest absolute Gasteiger partial charge is 0.462 e. The zero-order chi connectivity index (χ0) is 46.5. The predicted octanol–water partition coefficient (Wildman–Crippen LogP) is 17.6. The molecule has 0 radical (unpaired) electrons. The molecule has 0 amide bonds. The van der Waals surface area contributed by atoms with Gasteiger partial charge in [0.2, 0.25) is 0 Å². The van der Waals surface area contributed by atoms with E-state index in [1.807, 2.05) is 0 Å². The van der Waals surface area contributed by atoms with Crippen molar-refractivity contribution >= 4 is 17.9 Å². The first-order valence-electron chi connectivity index (χ1n) is 26.6. The standard InChI is InChI=1S/C58H98O6/c1-4-7-10-13-16-19-22-25-27-28-29-30-31-34-36-39-42-45-48-51-57(60)63-54-55(53-62-56(59)50-47-44-41-38-35-32-24-21-18-15-12-9-6-3)64-58(61)52-49-46-43-40-37-33-26-23-20-17-14-11-8-5-2/h8-9,11-12,15,17-18,20-21,24,26,28-29,33,55H,4-7,10,13-14,16,19,22-23,25,27,30-32,34-54H2,1-3H3/b11-8+,12-9+,18-15+,20-17+,24-21+,29-28+,33-26+. The van der Waals surface area contributed by atoms with Crippen LogP contribution < -0.4 is 0 Å². The summed E-state index contributed by atoms with van der Waals surface area (Å²) in [7, 11) is 0. The van der Waals surface area contributed by atoms with Gasteiger partial charge < -0.3 is 14.2 Å². The van der Waals surface area contributed by atoms with Gasteiger partial charge in [-0.3, -0.25) is 14.4 Å². The van der Waals surface area contributed by atoms with Crippen LogP contribution in [0.15, 0.2) is 85.1 Å². The minimum absolute atomic E-state index is 0.0952. The van der Waals surface area contributed by atoms with E-state index in [1.165, 1.54) is 89.9 Å². The van der Waals surface area contributed by atoms with Gasteiger partial charge in [-0.25, -0.2) is 0 Å². The normalized spacial score (nSPS) is 12.7.